The Balaban J connectivity index is 1.60. The Morgan fingerprint density at radius 1 is 1.24 bits per heavy atom. The Morgan fingerprint density at radius 2 is 2.07 bits per heavy atom. The van der Waals surface area contributed by atoms with E-state index in [1.165, 1.54) is 4.88 Å². The maximum absolute atomic E-state index is 12.2. The number of benzene rings is 1. The third kappa shape index (κ3) is 4.18. The summed E-state index contributed by atoms with van der Waals surface area (Å²) in [5.41, 5.74) is 1.91. The highest BCUT2D eigenvalue weighted by molar-refractivity contribution is 7.09. The smallest absolute Gasteiger partial charge is 0.340 e. The van der Waals surface area contributed by atoms with Gasteiger partial charge in [0.25, 0.3) is 0 Å². The normalized spacial score (nSPS) is 16.5. The van der Waals surface area contributed by atoms with Gasteiger partial charge in [-0.3, -0.25) is 4.90 Å². The Bertz CT molecular complexity index is 960. The van der Waals surface area contributed by atoms with Crippen LogP contribution in [0.4, 0.5) is 5.82 Å². The van der Waals surface area contributed by atoms with Crippen LogP contribution in [-0.4, -0.2) is 46.6 Å². The van der Waals surface area contributed by atoms with Gasteiger partial charge >= 0.3 is 5.97 Å². The molecule has 0 amide bonds. The zero-order valence-electron chi connectivity index (χ0n) is 16.5. The van der Waals surface area contributed by atoms with Gasteiger partial charge in [0.05, 0.1) is 0 Å². The maximum atomic E-state index is 12.2. The number of carboxylic acid groups (broad SMARTS) is 1. The number of hydrogen-bond acceptors (Lipinski definition) is 5. The summed E-state index contributed by atoms with van der Waals surface area (Å²) < 4.78 is 0. The lowest BCUT2D eigenvalue weighted by Crippen LogP contribution is -2.37. The molecule has 1 N–H and O–H groups in total. The van der Waals surface area contributed by atoms with Gasteiger partial charge in [0.2, 0.25) is 0 Å². The van der Waals surface area contributed by atoms with Crippen LogP contribution in [0.15, 0.2) is 60.1 Å². The van der Waals surface area contributed by atoms with Crippen molar-refractivity contribution in [2.75, 3.05) is 24.5 Å². The van der Waals surface area contributed by atoms with Gasteiger partial charge in [0.15, 0.2) is 0 Å². The minimum absolute atomic E-state index is 0.292. The van der Waals surface area contributed by atoms with E-state index < -0.39 is 5.97 Å². The molecule has 3 heterocycles. The molecule has 0 spiro atoms. The zero-order valence-corrected chi connectivity index (χ0v) is 17.3. The van der Waals surface area contributed by atoms with Crippen molar-refractivity contribution in [2.24, 2.45) is 0 Å². The molecule has 0 unspecified atom stereocenters. The summed E-state index contributed by atoms with van der Waals surface area (Å²) >= 11 is 1.78. The summed E-state index contributed by atoms with van der Waals surface area (Å²) in [7, 11) is 0. The van der Waals surface area contributed by atoms with E-state index in [0.717, 1.165) is 43.7 Å². The first-order valence-electron chi connectivity index (χ1n) is 9.96. The molecular formula is C23H25N3O2S. The number of aromatic nitrogens is 1. The van der Waals surface area contributed by atoms with Crippen molar-refractivity contribution in [3.63, 3.8) is 0 Å². The summed E-state index contributed by atoms with van der Waals surface area (Å²) in [5, 5.41) is 12.1. The Hall–Kier alpha value is -2.70. The number of nitrogens with zero attached hydrogens (tertiary/aromatic N) is 3. The lowest BCUT2D eigenvalue weighted by atomic mass is 10.0. The first-order valence-corrected chi connectivity index (χ1v) is 10.8. The number of rotatable bonds is 7. The maximum Gasteiger partial charge on any atom is 0.340 e. The standard InChI is InChI=1S/C23H25N3O2S/c1-2-25(16-19-9-6-14-29-19)18-11-13-26(15-18)22-21(23(27)28)20(10-12-24-22)17-7-4-3-5-8-17/h3-10,12,14,18H,2,11,13,15-16H2,1H3,(H,27,28)/t18-/m1/s1. The van der Waals surface area contributed by atoms with Gasteiger partial charge in [0.1, 0.15) is 11.4 Å². The molecule has 1 aromatic carbocycles. The van der Waals surface area contributed by atoms with E-state index in [2.05, 4.69) is 39.2 Å². The molecule has 1 atom stereocenters. The van der Waals surface area contributed by atoms with E-state index in [9.17, 15) is 9.90 Å². The van der Waals surface area contributed by atoms with Gasteiger partial charge in [-0.1, -0.05) is 43.3 Å². The molecule has 1 aliphatic rings. The van der Waals surface area contributed by atoms with Crippen molar-refractivity contribution in [1.29, 1.82) is 0 Å². The van der Waals surface area contributed by atoms with Crippen LogP contribution in [0.25, 0.3) is 11.1 Å². The average molecular weight is 408 g/mol. The average Bonchev–Trinajstić information content (AvgIpc) is 3.44. The lowest BCUT2D eigenvalue weighted by Gasteiger charge is -2.28. The fourth-order valence-electron chi connectivity index (χ4n) is 4.09. The number of carboxylic acids is 1. The molecule has 0 bridgehead atoms. The van der Waals surface area contributed by atoms with Gasteiger partial charge in [-0.05, 0) is 36.0 Å². The number of carbonyl (C=O) groups is 1. The van der Waals surface area contributed by atoms with Crippen LogP contribution in [-0.2, 0) is 6.54 Å². The monoisotopic (exact) mass is 407 g/mol. The number of anilines is 1. The first-order chi connectivity index (χ1) is 14.2. The highest BCUT2D eigenvalue weighted by Gasteiger charge is 2.31. The van der Waals surface area contributed by atoms with Gasteiger partial charge in [-0.25, -0.2) is 9.78 Å². The third-order valence-electron chi connectivity index (χ3n) is 5.55. The number of likely N-dealkylation sites (N-methyl/N-ethyl adjacent to an activating group) is 1. The molecule has 29 heavy (non-hydrogen) atoms. The molecule has 1 fully saturated rings. The molecule has 0 aliphatic carbocycles. The SMILES string of the molecule is CCN(Cc1cccs1)[C@@H]1CCN(c2nccc(-c3ccccc3)c2C(=O)O)C1. The Morgan fingerprint density at radius 3 is 2.76 bits per heavy atom. The Labute approximate surface area is 175 Å². The predicted molar refractivity (Wildman–Crippen MR) is 118 cm³/mol. The third-order valence-corrected chi connectivity index (χ3v) is 6.42. The van der Waals surface area contributed by atoms with Crippen molar-refractivity contribution < 1.29 is 9.90 Å². The van der Waals surface area contributed by atoms with Crippen LogP contribution in [0.5, 0.6) is 0 Å². The molecular weight excluding hydrogens is 382 g/mol. The van der Waals surface area contributed by atoms with Crippen molar-refractivity contribution >= 4 is 23.1 Å². The summed E-state index contributed by atoms with van der Waals surface area (Å²) in [6.07, 6.45) is 2.73. The highest BCUT2D eigenvalue weighted by Crippen LogP contribution is 2.32. The van der Waals surface area contributed by atoms with Gasteiger partial charge < -0.3 is 10.0 Å². The second-order valence-corrected chi connectivity index (χ2v) is 8.29. The van der Waals surface area contributed by atoms with Crippen LogP contribution in [0.1, 0.15) is 28.6 Å². The molecule has 2 aromatic heterocycles. The van der Waals surface area contributed by atoms with E-state index in [0.29, 0.717) is 17.4 Å². The minimum Gasteiger partial charge on any atom is -0.478 e. The Kier molecular flexibility index (Phi) is 5.92. The van der Waals surface area contributed by atoms with E-state index in [1.54, 1.807) is 23.6 Å². The van der Waals surface area contributed by atoms with Gasteiger partial charge in [-0.15, -0.1) is 11.3 Å². The fourth-order valence-corrected chi connectivity index (χ4v) is 4.82. The lowest BCUT2D eigenvalue weighted by molar-refractivity contribution is 0.0698. The van der Waals surface area contributed by atoms with Gasteiger partial charge in [-0.2, -0.15) is 0 Å². The molecule has 1 saturated heterocycles. The number of aromatic carboxylic acids is 1. The fraction of sp³-hybridized carbons (Fsp3) is 0.304. The quantitative estimate of drug-likeness (QED) is 0.620. The van der Waals surface area contributed by atoms with E-state index in [-0.39, 0.29) is 0 Å². The first kappa shape index (κ1) is 19.6. The highest BCUT2D eigenvalue weighted by atomic mass is 32.1. The molecule has 0 saturated carbocycles. The molecule has 1 aliphatic heterocycles. The second kappa shape index (κ2) is 8.76. The number of pyridine rings is 1. The molecule has 4 rings (SSSR count). The summed E-state index contributed by atoms with van der Waals surface area (Å²) in [4.78, 5) is 22.6. The minimum atomic E-state index is -0.929. The van der Waals surface area contributed by atoms with Crippen LogP contribution >= 0.6 is 11.3 Å². The molecule has 5 nitrogen and oxygen atoms in total. The van der Waals surface area contributed by atoms with Crippen LogP contribution in [0.2, 0.25) is 0 Å². The topological polar surface area (TPSA) is 56.7 Å². The predicted octanol–water partition coefficient (Wildman–Crippen LogP) is 4.61. The van der Waals surface area contributed by atoms with Crippen molar-refractivity contribution in [3.05, 3.63) is 70.5 Å². The van der Waals surface area contributed by atoms with Crippen molar-refractivity contribution in [3.8, 4) is 11.1 Å². The largest absolute Gasteiger partial charge is 0.478 e. The number of hydrogen-bond donors (Lipinski definition) is 1. The molecule has 3 aromatic rings. The van der Waals surface area contributed by atoms with Crippen LogP contribution < -0.4 is 4.90 Å². The van der Waals surface area contributed by atoms with Crippen LogP contribution in [0, 0.1) is 0 Å². The van der Waals surface area contributed by atoms with Crippen molar-refractivity contribution in [2.45, 2.75) is 25.9 Å². The van der Waals surface area contributed by atoms with Crippen LogP contribution in [0.3, 0.4) is 0 Å². The summed E-state index contributed by atoms with van der Waals surface area (Å²) in [6.45, 7) is 5.71. The van der Waals surface area contributed by atoms with E-state index >= 15 is 0 Å². The zero-order chi connectivity index (χ0) is 20.2. The summed E-state index contributed by atoms with van der Waals surface area (Å²) in [5.74, 6) is -0.352. The van der Waals surface area contributed by atoms with E-state index in [4.69, 9.17) is 0 Å². The molecule has 0 radical (unpaired) electrons. The van der Waals surface area contributed by atoms with Gasteiger partial charge in [0, 0.05) is 42.3 Å². The van der Waals surface area contributed by atoms with Crippen molar-refractivity contribution in [1.82, 2.24) is 9.88 Å². The second-order valence-electron chi connectivity index (χ2n) is 7.26. The summed E-state index contributed by atoms with van der Waals surface area (Å²) in [6, 6.07) is 16.1. The van der Waals surface area contributed by atoms with E-state index in [1.807, 2.05) is 30.3 Å². The molecule has 6 heteroatoms. The number of thiophene rings is 1. The molecule has 150 valence electrons.